The first-order valence-electron chi connectivity index (χ1n) is 6.69. The van der Waals surface area contributed by atoms with E-state index in [0.717, 1.165) is 19.6 Å². The Bertz CT molecular complexity index is 364. The van der Waals surface area contributed by atoms with Gasteiger partial charge in [0, 0.05) is 25.9 Å². The number of rotatable bonds is 3. The van der Waals surface area contributed by atoms with Gasteiger partial charge in [-0.25, -0.2) is 12.7 Å². The van der Waals surface area contributed by atoms with Gasteiger partial charge in [-0.1, -0.05) is 13.8 Å². The predicted molar refractivity (Wildman–Crippen MR) is 68.7 cm³/mol. The first-order chi connectivity index (χ1) is 8.44. The molecule has 2 rings (SSSR count). The molecule has 6 heteroatoms. The minimum Gasteiger partial charge on any atom is -0.350 e. The average Bonchev–Trinajstić information content (AvgIpc) is 2.29. The van der Waals surface area contributed by atoms with E-state index < -0.39 is 15.8 Å². The zero-order chi connectivity index (χ0) is 13.2. The van der Waals surface area contributed by atoms with Gasteiger partial charge in [0.05, 0.1) is 19.0 Å². The van der Waals surface area contributed by atoms with Crippen molar-refractivity contribution < 1.29 is 17.9 Å². The molecule has 2 saturated heterocycles. The Morgan fingerprint density at radius 2 is 1.72 bits per heavy atom. The topological polar surface area (TPSA) is 55.8 Å². The van der Waals surface area contributed by atoms with Crippen LogP contribution in [0.5, 0.6) is 0 Å². The fourth-order valence-corrected chi connectivity index (χ4v) is 4.33. The highest BCUT2D eigenvalue weighted by Crippen LogP contribution is 2.31. The van der Waals surface area contributed by atoms with E-state index in [9.17, 15) is 8.42 Å². The maximum absolute atomic E-state index is 12.1. The van der Waals surface area contributed by atoms with Crippen LogP contribution in [0.25, 0.3) is 0 Å². The third-order valence-electron chi connectivity index (χ3n) is 3.44. The van der Waals surface area contributed by atoms with Gasteiger partial charge in [0.1, 0.15) is 0 Å². The highest BCUT2D eigenvalue weighted by atomic mass is 32.2. The summed E-state index contributed by atoms with van der Waals surface area (Å²) in [6, 6.07) is 0. The molecule has 0 atom stereocenters. The Kier molecular flexibility index (Phi) is 4.31. The van der Waals surface area contributed by atoms with Crippen LogP contribution in [0, 0.1) is 5.92 Å². The summed E-state index contributed by atoms with van der Waals surface area (Å²) in [5.41, 5.74) is 0. The molecular weight excluding hydrogens is 254 g/mol. The van der Waals surface area contributed by atoms with E-state index in [1.54, 1.807) is 4.31 Å². The number of sulfonamides is 1. The van der Waals surface area contributed by atoms with Gasteiger partial charge in [-0.05, 0) is 12.3 Å². The van der Waals surface area contributed by atoms with Gasteiger partial charge in [0.15, 0.2) is 5.79 Å². The summed E-state index contributed by atoms with van der Waals surface area (Å²) in [6.07, 6.45) is 2.21. The molecule has 0 aromatic carbocycles. The fraction of sp³-hybridized carbons (Fsp3) is 1.00. The van der Waals surface area contributed by atoms with Crippen molar-refractivity contribution in [1.29, 1.82) is 0 Å². The lowest BCUT2D eigenvalue weighted by molar-refractivity contribution is -0.280. The normalized spacial score (nSPS) is 25.7. The summed E-state index contributed by atoms with van der Waals surface area (Å²) in [4.78, 5) is 0. The third kappa shape index (κ3) is 3.23. The van der Waals surface area contributed by atoms with Crippen LogP contribution in [-0.4, -0.2) is 50.6 Å². The van der Waals surface area contributed by atoms with Crippen LogP contribution in [-0.2, 0) is 19.5 Å². The molecule has 2 fully saturated rings. The number of piperidine rings is 1. The largest absolute Gasteiger partial charge is 0.350 e. The monoisotopic (exact) mass is 277 g/mol. The van der Waals surface area contributed by atoms with Gasteiger partial charge in [-0.2, -0.15) is 0 Å². The lowest BCUT2D eigenvalue weighted by Gasteiger charge is -2.43. The minimum atomic E-state index is -3.12. The van der Waals surface area contributed by atoms with E-state index in [1.165, 1.54) is 0 Å². The molecule has 5 nitrogen and oxygen atoms in total. The number of ether oxygens (including phenoxy) is 2. The first-order valence-corrected chi connectivity index (χ1v) is 8.30. The molecule has 0 N–H and O–H groups in total. The highest BCUT2D eigenvalue weighted by Gasteiger charge is 2.41. The molecule has 2 aliphatic heterocycles. The lowest BCUT2D eigenvalue weighted by Crippen LogP contribution is -2.51. The Morgan fingerprint density at radius 3 is 2.22 bits per heavy atom. The van der Waals surface area contributed by atoms with Gasteiger partial charge < -0.3 is 9.47 Å². The van der Waals surface area contributed by atoms with E-state index in [1.807, 2.05) is 13.8 Å². The van der Waals surface area contributed by atoms with Crippen molar-refractivity contribution in [3.8, 4) is 0 Å². The smallest absolute Gasteiger partial charge is 0.214 e. The quantitative estimate of drug-likeness (QED) is 0.778. The zero-order valence-corrected chi connectivity index (χ0v) is 12.0. The summed E-state index contributed by atoms with van der Waals surface area (Å²) in [5.74, 6) is -0.128. The van der Waals surface area contributed by atoms with E-state index in [4.69, 9.17) is 9.47 Å². The summed E-state index contributed by atoms with van der Waals surface area (Å²) < 4.78 is 37.2. The molecule has 0 aromatic heterocycles. The molecule has 1 spiro atoms. The lowest BCUT2D eigenvalue weighted by atomic mass is 10.0. The maximum atomic E-state index is 12.1. The van der Waals surface area contributed by atoms with Crippen molar-refractivity contribution in [2.24, 2.45) is 5.92 Å². The van der Waals surface area contributed by atoms with E-state index in [2.05, 4.69) is 0 Å². The van der Waals surface area contributed by atoms with Crippen molar-refractivity contribution in [3.63, 3.8) is 0 Å². The molecule has 0 radical (unpaired) electrons. The van der Waals surface area contributed by atoms with Gasteiger partial charge in [0.2, 0.25) is 10.0 Å². The van der Waals surface area contributed by atoms with Crippen molar-refractivity contribution in [2.75, 3.05) is 32.1 Å². The molecule has 0 bridgehead atoms. The Hall–Kier alpha value is -0.170. The van der Waals surface area contributed by atoms with Crippen molar-refractivity contribution in [1.82, 2.24) is 4.31 Å². The summed E-state index contributed by atoms with van der Waals surface area (Å²) in [6.45, 7) is 6.31. The van der Waals surface area contributed by atoms with E-state index in [-0.39, 0.29) is 11.7 Å². The van der Waals surface area contributed by atoms with Gasteiger partial charge >= 0.3 is 0 Å². The molecule has 0 amide bonds. The molecule has 0 aliphatic carbocycles. The second kappa shape index (κ2) is 5.45. The molecule has 106 valence electrons. The number of hydrogen-bond acceptors (Lipinski definition) is 4. The SMILES string of the molecule is CC(C)CS(=O)(=O)N1CCC2(CC1)OCCCO2. The maximum Gasteiger partial charge on any atom is 0.214 e. The van der Waals surface area contributed by atoms with Crippen molar-refractivity contribution >= 4 is 10.0 Å². The Balaban J connectivity index is 1.93. The zero-order valence-electron chi connectivity index (χ0n) is 11.2. The van der Waals surface area contributed by atoms with Crippen LogP contribution in [0.4, 0.5) is 0 Å². The molecule has 0 unspecified atom stereocenters. The van der Waals surface area contributed by atoms with E-state index in [0.29, 0.717) is 25.9 Å². The van der Waals surface area contributed by atoms with Gasteiger partial charge in [0.25, 0.3) is 0 Å². The molecule has 0 aromatic rings. The van der Waals surface area contributed by atoms with E-state index >= 15 is 0 Å². The van der Waals surface area contributed by atoms with Crippen LogP contribution >= 0.6 is 0 Å². The summed E-state index contributed by atoms with van der Waals surface area (Å²) in [5, 5.41) is 0. The number of hydrogen-bond donors (Lipinski definition) is 0. The molecule has 2 heterocycles. The average molecular weight is 277 g/mol. The van der Waals surface area contributed by atoms with Gasteiger partial charge in [-0.15, -0.1) is 0 Å². The minimum absolute atomic E-state index is 0.160. The highest BCUT2D eigenvalue weighted by molar-refractivity contribution is 7.89. The number of nitrogens with zero attached hydrogens (tertiary/aromatic N) is 1. The molecule has 2 aliphatic rings. The standard InChI is InChI=1S/C12H23NO4S/c1-11(2)10-18(14,15)13-6-4-12(5-7-13)16-8-3-9-17-12/h11H,3-10H2,1-2H3. The van der Waals surface area contributed by atoms with Crippen molar-refractivity contribution in [2.45, 2.75) is 38.9 Å². The van der Waals surface area contributed by atoms with Crippen LogP contribution in [0.2, 0.25) is 0 Å². The molecule has 18 heavy (non-hydrogen) atoms. The fourth-order valence-electron chi connectivity index (χ4n) is 2.54. The summed E-state index contributed by atoms with van der Waals surface area (Å²) in [7, 11) is -3.12. The third-order valence-corrected chi connectivity index (χ3v) is 5.68. The van der Waals surface area contributed by atoms with Gasteiger partial charge in [-0.3, -0.25) is 0 Å². The summed E-state index contributed by atoms with van der Waals surface area (Å²) >= 11 is 0. The predicted octanol–water partition coefficient (Wildman–Crippen LogP) is 1.20. The second-order valence-corrected chi connectivity index (χ2v) is 7.55. The van der Waals surface area contributed by atoms with Crippen molar-refractivity contribution in [3.05, 3.63) is 0 Å². The second-order valence-electron chi connectivity index (χ2n) is 5.53. The van der Waals surface area contributed by atoms with Crippen LogP contribution < -0.4 is 0 Å². The van der Waals surface area contributed by atoms with Crippen LogP contribution in [0.15, 0.2) is 0 Å². The molecular formula is C12H23NO4S. The first kappa shape index (κ1) is 14.2. The molecule has 0 saturated carbocycles. The Labute approximate surface area is 109 Å². The van der Waals surface area contributed by atoms with Crippen LogP contribution in [0.3, 0.4) is 0 Å². The Morgan fingerprint density at radius 1 is 1.17 bits per heavy atom. The van der Waals surface area contributed by atoms with Crippen LogP contribution in [0.1, 0.15) is 33.1 Å².